The minimum absolute atomic E-state index is 0.392. The molecule has 2 aromatic carbocycles. The van der Waals surface area contributed by atoms with Crippen molar-refractivity contribution in [2.24, 2.45) is 0 Å². The van der Waals surface area contributed by atoms with E-state index in [1.54, 1.807) is 18.2 Å². The van der Waals surface area contributed by atoms with Crippen molar-refractivity contribution in [3.8, 4) is 0 Å². The summed E-state index contributed by atoms with van der Waals surface area (Å²) in [6.07, 6.45) is 0. The van der Waals surface area contributed by atoms with E-state index in [0.717, 1.165) is 22.6 Å². The van der Waals surface area contributed by atoms with E-state index < -0.39 is 5.97 Å². The van der Waals surface area contributed by atoms with Crippen molar-refractivity contribution in [1.29, 1.82) is 0 Å². The van der Waals surface area contributed by atoms with Crippen LogP contribution in [0.5, 0.6) is 0 Å². The Morgan fingerprint density at radius 3 is 2.59 bits per heavy atom. The molecule has 0 fully saturated rings. The van der Waals surface area contributed by atoms with E-state index in [4.69, 9.17) is 16.3 Å². The van der Waals surface area contributed by atoms with Gasteiger partial charge in [-0.1, -0.05) is 23.7 Å². The lowest BCUT2D eigenvalue weighted by Crippen LogP contribution is -2.04. The number of nitrogens with one attached hydrogen (secondary N) is 2. The molecule has 0 saturated heterocycles. The highest BCUT2D eigenvalue weighted by atomic mass is 35.5. The predicted molar refractivity (Wildman–Crippen MR) is 107 cm³/mol. The van der Waals surface area contributed by atoms with E-state index in [-0.39, 0.29) is 0 Å². The average Bonchev–Trinajstić information content (AvgIpc) is 2.64. The zero-order valence-corrected chi connectivity index (χ0v) is 16.0. The fourth-order valence-corrected chi connectivity index (χ4v) is 2.72. The predicted octanol–water partition coefficient (Wildman–Crippen LogP) is 5.02. The Bertz CT molecular complexity index is 991. The fraction of sp³-hybridized carbons (Fsp3) is 0.150. The number of carbonyl (C=O) groups excluding carboxylic acids is 1. The van der Waals surface area contributed by atoms with Crippen molar-refractivity contribution >= 4 is 40.7 Å². The summed E-state index contributed by atoms with van der Waals surface area (Å²) in [6.45, 7) is 3.81. The first-order valence-corrected chi connectivity index (χ1v) is 8.67. The normalized spacial score (nSPS) is 10.4. The summed E-state index contributed by atoms with van der Waals surface area (Å²) in [5, 5.41) is 7.06. The maximum Gasteiger partial charge on any atom is 0.337 e. The van der Waals surface area contributed by atoms with Gasteiger partial charge in [0, 0.05) is 28.2 Å². The van der Waals surface area contributed by atoms with Crippen LogP contribution < -0.4 is 10.6 Å². The number of aromatic nitrogens is 2. The minimum Gasteiger partial charge on any atom is -0.465 e. The van der Waals surface area contributed by atoms with Crippen LogP contribution in [0.4, 0.5) is 23.1 Å². The summed E-state index contributed by atoms with van der Waals surface area (Å²) >= 11 is 6.17. The van der Waals surface area contributed by atoms with E-state index in [1.165, 1.54) is 7.11 Å². The third-order valence-electron chi connectivity index (χ3n) is 3.92. The number of hydrogen-bond acceptors (Lipinski definition) is 6. The molecule has 0 bridgehead atoms. The second-order valence-electron chi connectivity index (χ2n) is 5.95. The van der Waals surface area contributed by atoms with Crippen LogP contribution in [0, 0.1) is 13.8 Å². The molecule has 0 aliphatic carbocycles. The quantitative estimate of drug-likeness (QED) is 0.603. The van der Waals surface area contributed by atoms with Crippen LogP contribution in [0.1, 0.15) is 21.6 Å². The molecule has 1 heterocycles. The van der Waals surface area contributed by atoms with Crippen LogP contribution in [-0.4, -0.2) is 23.0 Å². The number of halogens is 1. The van der Waals surface area contributed by atoms with Crippen LogP contribution in [0.15, 0.2) is 48.5 Å². The summed E-state index contributed by atoms with van der Waals surface area (Å²) in [6, 6.07) is 14.5. The number of esters is 1. The van der Waals surface area contributed by atoms with E-state index in [2.05, 4.69) is 20.6 Å². The first-order chi connectivity index (χ1) is 13.0. The number of hydrogen-bond donors (Lipinski definition) is 2. The first-order valence-electron chi connectivity index (χ1n) is 8.29. The second-order valence-corrected chi connectivity index (χ2v) is 6.36. The molecule has 0 unspecified atom stereocenters. The Labute approximate surface area is 162 Å². The number of nitrogens with zero attached hydrogens (tertiary/aromatic N) is 2. The monoisotopic (exact) mass is 382 g/mol. The van der Waals surface area contributed by atoms with E-state index in [0.29, 0.717) is 22.4 Å². The van der Waals surface area contributed by atoms with Gasteiger partial charge in [-0.05, 0) is 49.7 Å². The van der Waals surface area contributed by atoms with E-state index in [1.807, 2.05) is 44.2 Å². The molecule has 6 nitrogen and oxygen atoms in total. The summed E-state index contributed by atoms with van der Waals surface area (Å²) in [7, 11) is 1.35. The Morgan fingerprint density at radius 1 is 1.04 bits per heavy atom. The lowest BCUT2D eigenvalue weighted by atomic mass is 10.2. The maximum absolute atomic E-state index is 11.7. The molecule has 2 N–H and O–H groups in total. The van der Waals surface area contributed by atoms with E-state index >= 15 is 0 Å². The number of aryl methyl sites for hydroxylation is 1. The van der Waals surface area contributed by atoms with Crippen LogP contribution in [0.2, 0.25) is 5.02 Å². The van der Waals surface area contributed by atoms with Gasteiger partial charge in [-0.25, -0.2) is 9.78 Å². The molecule has 0 spiro atoms. The van der Waals surface area contributed by atoms with Gasteiger partial charge in [-0.3, -0.25) is 0 Å². The van der Waals surface area contributed by atoms with Gasteiger partial charge in [-0.2, -0.15) is 4.98 Å². The lowest BCUT2D eigenvalue weighted by molar-refractivity contribution is 0.0601. The van der Waals surface area contributed by atoms with Gasteiger partial charge in [-0.15, -0.1) is 0 Å². The van der Waals surface area contributed by atoms with Gasteiger partial charge in [0.1, 0.15) is 5.82 Å². The zero-order chi connectivity index (χ0) is 19.4. The molecule has 7 heteroatoms. The van der Waals surface area contributed by atoms with Gasteiger partial charge in [0.05, 0.1) is 12.7 Å². The third-order valence-corrected chi connectivity index (χ3v) is 4.33. The lowest BCUT2D eigenvalue weighted by Gasteiger charge is -2.12. The van der Waals surface area contributed by atoms with Gasteiger partial charge >= 0.3 is 5.97 Å². The number of benzene rings is 2. The molecule has 3 aromatic rings. The summed E-state index contributed by atoms with van der Waals surface area (Å²) in [4.78, 5) is 20.6. The van der Waals surface area contributed by atoms with Crippen molar-refractivity contribution < 1.29 is 9.53 Å². The number of rotatable bonds is 5. The molecule has 0 amide bonds. The molecule has 0 atom stereocenters. The minimum atomic E-state index is -0.392. The van der Waals surface area contributed by atoms with Crippen molar-refractivity contribution in [2.75, 3.05) is 17.7 Å². The van der Waals surface area contributed by atoms with Crippen LogP contribution >= 0.6 is 11.6 Å². The Hall–Kier alpha value is -3.12. The van der Waals surface area contributed by atoms with Gasteiger partial charge in [0.2, 0.25) is 5.95 Å². The Morgan fingerprint density at radius 2 is 1.81 bits per heavy atom. The van der Waals surface area contributed by atoms with E-state index in [9.17, 15) is 4.79 Å². The number of carbonyl (C=O) groups is 1. The van der Waals surface area contributed by atoms with Crippen molar-refractivity contribution in [1.82, 2.24) is 9.97 Å². The summed E-state index contributed by atoms with van der Waals surface area (Å²) < 4.78 is 4.75. The SMILES string of the molecule is COC(=O)c1cccc(Nc2cc(C)nc(Nc3cccc(Cl)c3C)n2)c1. The first kappa shape index (κ1) is 18.7. The number of anilines is 4. The van der Waals surface area contributed by atoms with Crippen LogP contribution in [-0.2, 0) is 4.74 Å². The molecule has 1 aromatic heterocycles. The fourth-order valence-electron chi connectivity index (χ4n) is 2.54. The molecule has 0 radical (unpaired) electrons. The average molecular weight is 383 g/mol. The van der Waals surface area contributed by atoms with Gasteiger partial charge in [0.15, 0.2) is 0 Å². The Kier molecular flexibility index (Phi) is 5.57. The highest BCUT2D eigenvalue weighted by Crippen LogP contribution is 2.26. The van der Waals surface area contributed by atoms with Crippen molar-refractivity contribution in [2.45, 2.75) is 13.8 Å². The molecule has 3 rings (SSSR count). The smallest absolute Gasteiger partial charge is 0.337 e. The van der Waals surface area contributed by atoms with Gasteiger partial charge < -0.3 is 15.4 Å². The molecule has 0 saturated carbocycles. The molecule has 138 valence electrons. The van der Waals surface area contributed by atoms with Crippen LogP contribution in [0.3, 0.4) is 0 Å². The maximum atomic E-state index is 11.7. The molecule has 27 heavy (non-hydrogen) atoms. The van der Waals surface area contributed by atoms with Crippen molar-refractivity contribution in [3.63, 3.8) is 0 Å². The summed E-state index contributed by atoms with van der Waals surface area (Å²) in [5.41, 5.74) is 3.73. The van der Waals surface area contributed by atoms with Gasteiger partial charge in [0.25, 0.3) is 0 Å². The second kappa shape index (κ2) is 8.05. The highest BCUT2D eigenvalue weighted by molar-refractivity contribution is 6.31. The van der Waals surface area contributed by atoms with Crippen molar-refractivity contribution in [3.05, 3.63) is 70.4 Å². The number of methoxy groups -OCH3 is 1. The van der Waals surface area contributed by atoms with Crippen LogP contribution in [0.25, 0.3) is 0 Å². The Balaban J connectivity index is 1.85. The zero-order valence-electron chi connectivity index (χ0n) is 15.2. The standard InChI is InChI=1S/C20H19ClN4O2/c1-12-10-18(23-15-7-4-6-14(11-15)19(26)27-3)25-20(22-12)24-17-9-5-8-16(21)13(17)2/h4-11H,1-3H3,(H2,22,23,24,25). The number of ether oxygens (including phenoxy) is 1. The highest BCUT2D eigenvalue weighted by Gasteiger charge is 2.09. The third kappa shape index (κ3) is 4.54. The molecule has 0 aliphatic heterocycles. The largest absolute Gasteiger partial charge is 0.465 e. The molecular formula is C20H19ClN4O2. The molecular weight excluding hydrogens is 364 g/mol. The topological polar surface area (TPSA) is 76.1 Å². The molecule has 0 aliphatic rings. The summed E-state index contributed by atoms with van der Waals surface area (Å²) in [5.74, 6) is 0.662.